The summed E-state index contributed by atoms with van der Waals surface area (Å²) in [6, 6.07) is 22.4. The van der Waals surface area contributed by atoms with Crippen LogP contribution in [0.15, 0.2) is 77.9 Å². The summed E-state index contributed by atoms with van der Waals surface area (Å²) in [5, 5.41) is 3.97. The second kappa shape index (κ2) is 12.0. The molecule has 166 valence electrons. The van der Waals surface area contributed by atoms with Crippen molar-refractivity contribution in [2.24, 2.45) is 5.10 Å². The Bertz CT molecular complexity index is 1020. The van der Waals surface area contributed by atoms with Gasteiger partial charge in [0.05, 0.1) is 19.9 Å². The Hall–Kier alpha value is -4.00. The molecule has 0 spiro atoms. The van der Waals surface area contributed by atoms with Crippen molar-refractivity contribution in [3.63, 3.8) is 0 Å². The van der Waals surface area contributed by atoms with Crippen LogP contribution in [0.4, 0.5) is 0 Å². The number of methoxy groups -OCH3 is 1. The number of ether oxygens (including phenoxy) is 4. The van der Waals surface area contributed by atoms with E-state index in [0.717, 1.165) is 16.9 Å². The summed E-state index contributed by atoms with van der Waals surface area (Å²) in [4.78, 5) is 12.0. The quantitative estimate of drug-likeness (QED) is 0.361. The highest BCUT2D eigenvalue weighted by Crippen LogP contribution is 2.28. The summed E-state index contributed by atoms with van der Waals surface area (Å²) in [5.74, 6) is 2.16. The minimum atomic E-state index is -0.370. The van der Waals surface area contributed by atoms with E-state index in [1.807, 2.05) is 43.3 Å². The average Bonchev–Trinajstić information content (AvgIpc) is 2.83. The third kappa shape index (κ3) is 7.05. The number of nitrogens with zero attached hydrogens (tertiary/aromatic N) is 1. The van der Waals surface area contributed by atoms with Gasteiger partial charge in [0.2, 0.25) is 0 Å². The molecule has 0 saturated carbocycles. The fourth-order valence-electron chi connectivity index (χ4n) is 2.78. The maximum absolute atomic E-state index is 12.0. The number of hydrazone groups is 1. The topological polar surface area (TPSA) is 78.4 Å². The summed E-state index contributed by atoms with van der Waals surface area (Å²) >= 11 is 0. The zero-order valence-corrected chi connectivity index (χ0v) is 18.1. The molecule has 0 bridgehead atoms. The normalized spacial score (nSPS) is 10.6. The maximum Gasteiger partial charge on any atom is 0.277 e. The van der Waals surface area contributed by atoms with Gasteiger partial charge in [-0.25, -0.2) is 5.43 Å². The molecule has 0 saturated heterocycles. The van der Waals surface area contributed by atoms with Crippen LogP contribution in [0.25, 0.3) is 0 Å². The molecule has 7 nitrogen and oxygen atoms in total. The van der Waals surface area contributed by atoms with E-state index < -0.39 is 0 Å². The van der Waals surface area contributed by atoms with Crippen LogP contribution in [-0.2, 0) is 11.4 Å². The molecule has 7 heteroatoms. The highest BCUT2D eigenvalue weighted by atomic mass is 16.5. The number of hydrogen-bond acceptors (Lipinski definition) is 6. The van der Waals surface area contributed by atoms with Crippen LogP contribution < -0.4 is 24.4 Å². The molecule has 3 aromatic carbocycles. The van der Waals surface area contributed by atoms with Gasteiger partial charge in [-0.1, -0.05) is 30.3 Å². The van der Waals surface area contributed by atoms with Gasteiger partial charge < -0.3 is 18.9 Å². The summed E-state index contributed by atoms with van der Waals surface area (Å²) in [5.41, 5.74) is 4.26. The van der Waals surface area contributed by atoms with Crippen molar-refractivity contribution in [2.75, 3.05) is 20.3 Å². The Morgan fingerprint density at radius 1 is 0.906 bits per heavy atom. The van der Waals surface area contributed by atoms with E-state index in [1.165, 1.54) is 6.21 Å². The van der Waals surface area contributed by atoms with Crippen LogP contribution >= 0.6 is 0 Å². The SMILES string of the molecule is CCOc1ccc(OCC(=O)N/N=C\c2ccc(OCc3ccccc3)c(OC)c2)cc1. The first-order valence-electron chi connectivity index (χ1n) is 10.2. The first-order chi connectivity index (χ1) is 15.7. The Kier molecular flexibility index (Phi) is 8.50. The maximum atomic E-state index is 12.0. The van der Waals surface area contributed by atoms with Crippen LogP contribution in [0.5, 0.6) is 23.0 Å². The lowest BCUT2D eigenvalue weighted by Gasteiger charge is -2.11. The van der Waals surface area contributed by atoms with Crippen LogP contribution in [0.1, 0.15) is 18.1 Å². The number of benzene rings is 3. The predicted octanol–water partition coefficient (Wildman–Crippen LogP) is 4.20. The predicted molar refractivity (Wildman–Crippen MR) is 123 cm³/mol. The third-order valence-electron chi connectivity index (χ3n) is 4.33. The van der Waals surface area contributed by atoms with E-state index in [4.69, 9.17) is 18.9 Å². The van der Waals surface area contributed by atoms with Gasteiger partial charge in [0.1, 0.15) is 18.1 Å². The van der Waals surface area contributed by atoms with Crippen molar-refractivity contribution in [3.05, 3.63) is 83.9 Å². The molecule has 0 aliphatic rings. The molecule has 0 heterocycles. The first-order valence-corrected chi connectivity index (χ1v) is 10.2. The minimum Gasteiger partial charge on any atom is -0.494 e. The largest absolute Gasteiger partial charge is 0.494 e. The van der Waals surface area contributed by atoms with Crippen molar-refractivity contribution in [3.8, 4) is 23.0 Å². The molecule has 1 amide bonds. The molecule has 0 atom stereocenters. The molecular formula is C25H26N2O5. The Morgan fingerprint density at radius 3 is 2.31 bits per heavy atom. The average molecular weight is 434 g/mol. The monoisotopic (exact) mass is 434 g/mol. The van der Waals surface area contributed by atoms with Crippen LogP contribution in [-0.4, -0.2) is 32.4 Å². The zero-order chi connectivity index (χ0) is 22.6. The number of rotatable bonds is 11. The van der Waals surface area contributed by atoms with Gasteiger partial charge >= 0.3 is 0 Å². The second-order valence-electron chi connectivity index (χ2n) is 6.67. The summed E-state index contributed by atoms with van der Waals surface area (Å²) in [6.07, 6.45) is 1.53. The lowest BCUT2D eigenvalue weighted by molar-refractivity contribution is -0.123. The standard InChI is InChI=1S/C25H26N2O5/c1-3-30-21-10-12-22(13-11-21)31-18-25(28)27-26-16-20-9-14-23(24(15-20)29-2)32-17-19-7-5-4-6-8-19/h4-16H,3,17-18H2,1-2H3,(H,27,28)/b26-16-. The van der Waals surface area contributed by atoms with Crippen LogP contribution in [0.3, 0.4) is 0 Å². The molecule has 0 aliphatic carbocycles. The molecule has 0 radical (unpaired) electrons. The molecule has 0 aliphatic heterocycles. The molecule has 32 heavy (non-hydrogen) atoms. The van der Waals surface area contributed by atoms with Gasteiger partial charge in [0.25, 0.3) is 5.91 Å². The van der Waals surface area contributed by atoms with Crippen molar-refractivity contribution < 1.29 is 23.7 Å². The van der Waals surface area contributed by atoms with Gasteiger partial charge in [-0.15, -0.1) is 0 Å². The van der Waals surface area contributed by atoms with Crippen molar-refractivity contribution in [1.82, 2.24) is 5.43 Å². The molecule has 0 unspecified atom stereocenters. The fourth-order valence-corrected chi connectivity index (χ4v) is 2.78. The van der Waals surface area contributed by atoms with Gasteiger partial charge in [-0.3, -0.25) is 4.79 Å². The molecule has 0 aromatic heterocycles. The number of amides is 1. The lowest BCUT2D eigenvalue weighted by atomic mass is 10.2. The van der Waals surface area contributed by atoms with Crippen molar-refractivity contribution >= 4 is 12.1 Å². The number of carbonyl (C=O) groups is 1. The van der Waals surface area contributed by atoms with Crippen LogP contribution in [0, 0.1) is 0 Å². The Balaban J connectivity index is 1.48. The van der Waals surface area contributed by atoms with Gasteiger partial charge in [0, 0.05) is 0 Å². The second-order valence-corrected chi connectivity index (χ2v) is 6.67. The number of carbonyl (C=O) groups excluding carboxylic acids is 1. The van der Waals surface area contributed by atoms with Crippen molar-refractivity contribution in [1.29, 1.82) is 0 Å². The molecule has 3 aromatic rings. The Labute approximate surface area is 187 Å². The van der Waals surface area contributed by atoms with Crippen LogP contribution in [0.2, 0.25) is 0 Å². The summed E-state index contributed by atoms with van der Waals surface area (Å²) in [7, 11) is 1.58. The van der Waals surface area contributed by atoms with E-state index in [0.29, 0.717) is 30.5 Å². The van der Waals surface area contributed by atoms with Gasteiger partial charge in [-0.05, 0) is 60.5 Å². The van der Waals surface area contributed by atoms with E-state index in [2.05, 4.69) is 10.5 Å². The molecule has 0 fully saturated rings. The Morgan fingerprint density at radius 2 is 1.62 bits per heavy atom. The molecular weight excluding hydrogens is 408 g/mol. The third-order valence-corrected chi connectivity index (χ3v) is 4.33. The highest BCUT2D eigenvalue weighted by molar-refractivity contribution is 5.83. The van der Waals surface area contributed by atoms with E-state index in [1.54, 1.807) is 43.5 Å². The summed E-state index contributed by atoms with van der Waals surface area (Å²) in [6.45, 7) is 2.80. The van der Waals surface area contributed by atoms with Crippen molar-refractivity contribution in [2.45, 2.75) is 13.5 Å². The lowest BCUT2D eigenvalue weighted by Crippen LogP contribution is -2.24. The molecule has 3 rings (SSSR count). The number of hydrogen-bond donors (Lipinski definition) is 1. The zero-order valence-electron chi connectivity index (χ0n) is 18.1. The summed E-state index contributed by atoms with van der Waals surface area (Å²) < 4.78 is 22.1. The van der Waals surface area contributed by atoms with Gasteiger partial charge in [0.15, 0.2) is 18.1 Å². The smallest absolute Gasteiger partial charge is 0.277 e. The van der Waals surface area contributed by atoms with E-state index in [9.17, 15) is 4.79 Å². The first kappa shape index (κ1) is 22.7. The highest BCUT2D eigenvalue weighted by Gasteiger charge is 2.06. The molecule has 1 N–H and O–H groups in total. The van der Waals surface area contributed by atoms with E-state index in [-0.39, 0.29) is 12.5 Å². The van der Waals surface area contributed by atoms with E-state index >= 15 is 0 Å². The van der Waals surface area contributed by atoms with Gasteiger partial charge in [-0.2, -0.15) is 5.10 Å². The number of nitrogens with one attached hydrogen (secondary N) is 1. The fraction of sp³-hybridized carbons (Fsp3) is 0.200. The minimum absolute atomic E-state index is 0.152.